The summed E-state index contributed by atoms with van der Waals surface area (Å²) in [6.45, 7) is 1.97. The monoisotopic (exact) mass is 514 g/mol. The molecule has 0 bridgehead atoms. The second-order valence-corrected chi connectivity index (χ2v) is 8.31. The number of aromatic nitrogens is 6. The molecule has 0 atom stereocenters. The Kier molecular flexibility index (Phi) is 6.53. The number of alkyl halides is 3. The van der Waals surface area contributed by atoms with Gasteiger partial charge < -0.3 is 4.98 Å². The largest absolute Gasteiger partial charge is 0.416 e. The fourth-order valence-corrected chi connectivity index (χ4v) is 4.51. The molecule has 38 heavy (non-hydrogen) atoms. The lowest BCUT2D eigenvalue weighted by molar-refractivity contribution is -0.137. The summed E-state index contributed by atoms with van der Waals surface area (Å²) in [5, 5.41) is 1.55. The number of halogens is 3. The fourth-order valence-electron chi connectivity index (χ4n) is 4.51. The maximum atomic E-state index is 13.4. The summed E-state index contributed by atoms with van der Waals surface area (Å²) in [6.07, 6.45) is 1.91. The summed E-state index contributed by atoms with van der Waals surface area (Å²) < 4.78 is 40.1. The Morgan fingerprint density at radius 3 is 2.39 bits per heavy atom. The number of hydrogen-bond donors (Lipinski definition) is 3. The number of hydrazine groups is 1. The standard InChI is InChI=1S/C27H17F3N6.H4N2/c1-15-7-8-19-18(9-11-32-22(19)16-4-2-5-17(12-16)27(28,29)30)21(15)23-20(6-3-10-31-23)24-25-26(35-13-33-24)36-14-34-25;1-2/h2-14H,1H3,(H,33,34,35,36);1-2H2. The summed E-state index contributed by atoms with van der Waals surface area (Å²) in [7, 11) is 0. The maximum absolute atomic E-state index is 13.4. The third kappa shape index (κ3) is 4.33. The van der Waals surface area contributed by atoms with E-state index >= 15 is 0 Å². The third-order valence-electron chi connectivity index (χ3n) is 6.13. The number of pyridine rings is 2. The van der Waals surface area contributed by atoms with E-state index in [1.54, 1.807) is 24.8 Å². The Labute approximate surface area is 214 Å². The van der Waals surface area contributed by atoms with Crippen LogP contribution in [0.1, 0.15) is 11.1 Å². The van der Waals surface area contributed by atoms with Crippen LogP contribution in [0.15, 0.2) is 79.6 Å². The molecule has 11 heteroatoms. The first-order chi connectivity index (χ1) is 18.4. The van der Waals surface area contributed by atoms with Gasteiger partial charge in [0, 0.05) is 34.5 Å². The van der Waals surface area contributed by atoms with E-state index in [0.717, 1.165) is 39.6 Å². The molecule has 0 aliphatic carbocycles. The van der Waals surface area contributed by atoms with Crippen LogP contribution in [0.2, 0.25) is 0 Å². The maximum Gasteiger partial charge on any atom is 0.416 e. The lowest BCUT2D eigenvalue weighted by atomic mass is 9.92. The number of aryl methyl sites for hydroxylation is 1. The summed E-state index contributed by atoms with van der Waals surface area (Å²) in [6, 6.07) is 14.6. The van der Waals surface area contributed by atoms with Crippen LogP contribution in [0.3, 0.4) is 0 Å². The topological polar surface area (TPSA) is 132 Å². The van der Waals surface area contributed by atoms with Crippen molar-refractivity contribution >= 4 is 21.9 Å². The van der Waals surface area contributed by atoms with Crippen molar-refractivity contribution in [1.29, 1.82) is 0 Å². The molecule has 0 aliphatic rings. The molecule has 8 nitrogen and oxygen atoms in total. The minimum atomic E-state index is -4.44. The molecule has 0 aliphatic heterocycles. The number of rotatable bonds is 3. The minimum Gasteiger partial charge on any atom is -0.329 e. The van der Waals surface area contributed by atoms with Gasteiger partial charge >= 0.3 is 6.18 Å². The first-order valence-corrected chi connectivity index (χ1v) is 11.4. The second kappa shape index (κ2) is 9.96. The molecule has 0 unspecified atom stereocenters. The van der Waals surface area contributed by atoms with Gasteiger partial charge in [-0.1, -0.05) is 24.3 Å². The zero-order chi connectivity index (χ0) is 26.9. The summed E-state index contributed by atoms with van der Waals surface area (Å²) in [4.78, 5) is 25.3. The Morgan fingerprint density at radius 2 is 1.58 bits per heavy atom. The van der Waals surface area contributed by atoms with E-state index in [1.165, 1.54) is 12.4 Å². The molecule has 4 heterocycles. The zero-order valence-electron chi connectivity index (χ0n) is 20.0. The van der Waals surface area contributed by atoms with Crippen LogP contribution < -0.4 is 11.7 Å². The van der Waals surface area contributed by atoms with Gasteiger partial charge in [-0.25, -0.2) is 15.0 Å². The van der Waals surface area contributed by atoms with E-state index < -0.39 is 11.7 Å². The molecule has 0 fully saturated rings. The number of imidazole rings is 1. The van der Waals surface area contributed by atoms with Crippen LogP contribution in [-0.4, -0.2) is 29.9 Å². The van der Waals surface area contributed by atoms with Crippen LogP contribution in [0, 0.1) is 6.92 Å². The van der Waals surface area contributed by atoms with Crippen molar-refractivity contribution in [2.45, 2.75) is 13.1 Å². The van der Waals surface area contributed by atoms with E-state index in [9.17, 15) is 13.2 Å². The highest BCUT2D eigenvalue weighted by atomic mass is 19.4. The van der Waals surface area contributed by atoms with Crippen LogP contribution in [0.4, 0.5) is 13.2 Å². The van der Waals surface area contributed by atoms with E-state index in [1.807, 2.05) is 37.3 Å². The van der Waals surface area contributed by atoms with Crippen molar-refractivity contribution in [3.8, 4) is 33.8 Å². The van der Waals surface area contributed by atoms with E-state index in [-0.39, 0.29) is 0 Å². The predicted octanol–water partition coefficient (Wildman–Crippen LogP) is 5.44. The molecular weight excluding hydrogens is 493 g/mol. The molecule has 0 saturated heterocycles. The number of benzene rings is 2. The molecular formula is C27H21F3N8. The number of nitrogens with one attached hydrogen (secondary N) is 1. The highest BCUT2D eigenvalue weighted by Crippen LogP contribution is 2.40. The third-order valence-corrected chi connectivity index (χ3v) is 6.13. The zero-order valence-corrected chi connectivity index (χ0v) is 20.0. The van der Waals surface area contributed by atoms with Gasteiger partial charge in [-0.2, -0.15) is 13.2 Å². The van der Waals surface area contributed by atoms with Gasteiger partial charge in [-0.05, 0) is 48.2 Å². The quantitative estimate of drug-likeness (QED) is 0.211. The van der Waals surface area contributed by atoms with Gasteiger partial charge in [0.25, 0.3) is 0 Å². The fraction of sp³-hybridized carbons (Fsp3) is 0.0741. The number of nitrogens with two attached hydrogens (primary N) is 2. The second-order valence-electron chi connectivity index (χ2n) is 8.31. The van der Waals surface area contributed by atoms with Gasteiger partial charge in [0.2, 0.25) is 0 Å². The molecule has 6 aromatic rings. The Morgan fingerprint density at radius 1 is 0.763 bits per heavy atom. The Hall–Kier alpha value is -4.74. The van der Waals surface area contributed by atoms with E-state index in [4.69, 9.17) is 4.98 Å². The molecule has 2 aromatic carbocycles. The summed E-state index contributed by atoms with van der Waals surface area (Å²) in [5.41, 5.74) is 5.26. The van der Waals surface area contributed by atoms with Crippen molar-refractivity contribution in [2.24, 2.45) is 11.7 Å². The summed E-state index contributed by atoms with van der Waals surface area (Å²) >= 11 is 0. The highest BCUT2D eigenvalue weighted by Gasteiger charge is 2.30. The van der Waals surface area contributed by atoms with Crippen LogP contribution in [-0.2, 0) is 6.18 Å². The number of nitrogens with zero attached hydrogens (tertiary/aromatic N) is 5. The summed E-state index contributed by atoms with van der Waals surface area (Å²) in [5.74, 6) is 8.00. The van der Waals surface area contributed by atoms with Crippen molar-refractivity contribution in [3.63, 3.8) is 0 Å². The lowest BCUT2D eigenvalue weighted by Crippen LogP contribution is -2.04. The number of fused-ring (bicyclic) bond motifs is 2. The van der Waals surface area contributed by atoms with Gasteiger partial charge in [0.05, 0.1) is 23.3 Å². The van der Waals surface area contributed by atoms with Gasteiger partial charge in [0.1, 0.15) is 17.5 Å². The molecule has 0 spiro atoms. The molecule has 0 amide bonds. The van der Waals surface area contributed by atoms with E-state index in [2.05, 4.69) is 36.6 Å². The van der Waals surface area contributed by atoms with Gasteiger partial charge in [0.15, 0.2) is 5.65 Å². The van der Waals surface area contributed by atoms with Crippen LogP contribution in [0.5, 0.6) is 0 Å². The average Bonchev–Trinajstić information content (AvgIpc) is 3.43. The smallest absolute Gasteiger partial charge is 0.329 e. The highest BCUT2D eigenvalue weighted by molar-refractivity contribution is 6.06. The minimum absolute atomic E-state index is 0.389. The van der Waals surface area contributed by atoms with Gasteiger partial charge in [-0.15, -0.1) is 0 Å². The van der Waals surface area contributed by atoms with Crippen LogP contribution >= 0.6 is 0 Å². The van der Waals surface area contributed by atoms with Crippen LogP contribution in [0.25, 0.3) is 55.7 Å². The average molecular weight is 515 g/mol. The molecule has 6 rings (SSSR count). The van der Waals surface area contributed by atoms with Crippen molar-refractivity contribution in [2.75, 3.05) is 0 Å². The van der Waals surface area contributed by atoms with Crippen molar-refractivity contribution < 1.29 is 13.2 Å². The predicted molar refractivity (Wildman–Crippen MR) is 139 cm³/mol. The van der Waals surface area contributed by atoms with Crippen molar-refractivity contribution in [3.05, 3.63) is 90.8 Å². The normalized spacial score (nSPS) is 11.4. The Balaban J connectivity index is 0.00000144. The molecule has 0 saturated carbocycles. The van der Waals surface area contributed by atoms with Crippen molar-refractivity contribution in [1.82, 2.24) is 29.9 Å². The molecule has 4 aromatic heterocycles. The molecule has 5 N–H and O–H groups in total. The van der Waals surface area contributed by atoms with E-state index in [0.29, 0.717) is 33.8 Å². The number of H-pyrrole nitrogens is 1. The SMILES string of the molecule is Cc1ccc2c(-c3cccc(C(F)(F)F)c3)nccc2c1-c1ncccc1-c1ncnc2[nH]cnc12.NN. The number of hydrogen-bond acceptors (Lipinski definition) is 7. The first-order valence-electron chi connectivity index (χ1n) is 11.4. The van der Waals surface area contributed by atoms with Gasteiger partial charge in [-0.3, -0.25) is 21.7 Å². The lowest BCUT2D eigenvalue weighted by Gasteiger charge is -2.16. The Bertz CT molecular complexity index is 1760. The first kappa shape index (κ1) is 24.9. The molecule has 190 valence electrons. The molecule has 0 radical (unpaired) electrons. The number of aromatic amines is 1.